The molecule has 1 fully saturated rings. The highest BCUT2D eigenvalue weighted by Gasteiger charge is 2.35. The van der Waals surface area contributed by atoms with Crippen LogP contribution in [-0.2, 0) is 23.7 Å². The number of hydrogen-bond donors (Lipinski definition) is 2. The number of aliphatic hydroxyl groups excluding tert-OH is 1. The van der Waals surface area contributed by atoms with E-state index in [9.17, 15) is 9.90 Å². The lowest BCUT2D eigenvalue weighted by molar-refractivity contribution is -0.143. The molecule has 0 aromatic rings. The number of terminal acetylenes is 1. The first kappa shape index (κ1) is 23.8. The molecule has 3 N–H and O–H groups in total. The number of hydrogen-bond acceptors (Lipinski definition) is 7. The number of nitrogens with zero attached hydrogens (tertiary/aromatic N) is 1. The van der Waals surface area contributed by atoms with E-state index < -0.39 is 0 Å². The Kier molecular flexibility index (Phi) is 14.0. The highest BCUT2D eigenvalue weighted by atomic mass is 16.6. The monoisotopic (exact) mass is 386 g/mol. The van der Waals surface area contributed by atoms with Crippen LogP contribution in [-0.4, -0.2) is 94.5 Å². The predicted octanol–water partition coefficient (Wildman–Crippen LogP) is -0.366. The van der Waals surface area contributed by atoms with E-state index in [0.29, 0.717) is 85.3 Å². The summed E-state index contributed by atoms with van der Waals surface area (Å²) in [5, 5.41) is 9.37. The molecule has 1 amide bonds. The van der Waals surface area contributed by atoms with Crippen LogP contribution in [0.4, 0.5) is 0 Å². The molecular weight excluding hydrogens is 352 g/mol. The van der Waals surface area contributed by atoms with Gasteiger partial charge in [-0.15, -0.1) is 6.42 Å². The molecule has 27 heavy (non-hydrogen) atoms. The van der Waals surface area contributed by atoms with Gasteiger partial charge in [0.25, 0.3) is 0 Å². The lowest BCUT2D eigenvalue weighted by atomic mass is 9.81. The summed E-state index contributed by atoms with van der Waals surface area (Å²) in [5.41, 5.74) is 5.55. The van der Waals surface area contributed by atoms with Gasteiger partial charge in [-0.05, 0) is 25.8 Å². The summed E-state index contributed by atoms with van der Waals surface area (Å²) in [4.78, 5) is 14.2. The third-order valence-electron chi connectivity index (χ3n) is 4.21. The van der Waals surface area contributed by atoms with Crippen LogP contribution in [0.15, 0.2) is 0 Å². The lowest BCUT2D eigenvalue weighted by Crippen LogP contribution is -2.45. The lowest BCUT2D eigenvalue weighted by Gasteiger charge is -2.35. The van der Waals surface area contributed by atoms with Crippen molar-refractivity contribution in [2.45, 2.75) is 25.4 Å². The maximum Gasteiger partial charge on any atom is 0.225 e. The predicted molar refractivity (Wildman–Crippen MR) is 101 cm³/mol. The maximum atomic E-state index is 12.4. The van der Waals surface area contributed by atoms with Crippen LogP contribution in [0, 0.1) is 18.3 Å². The van der Waals surface area contributed by atoms with Crippen molar-refractivity contribution in [3.8, 4) is 12.3 Å². The number of carbonyl (C=O) groups excluding carboxylic acids is 1. The molecule has 0 atom stereocenters. The zero-order valence-electron chi connectivity index (χ0n) is 16.1. The number of ether oxygens (including phenoxy) is 4. The smallest absolute Gasteiger partial charge is 0.225 e. The van der Waals surface area contributed by atoms with E-state index >= 15 is 0 Å². The summed E-state index contributed by atoms with van der Waals surface area (Å²) in [6.45, 7) is 5.36. The molecule has 0 spiro atoms. The van der Waals surface area contributed by atoms with Crippen molar-refractivity contribution in [3.05, 3.63) is 0 Å². The Bertz CT molecular complexity index is 423. The summed E-state index contributed by atoms with van der Waals surface area (Å²) >= 11 is 0. The molecule has 0 bridgehead atoms. The van der Waals surface area contributed by atoms with Gasteiger partial charge in [0.15, 0.2) is 0 Å². The van der Waals surface area contributed by atoms with Gasteiger partial charge in [-0.2, -0.15) is 0 Å². The Morgan fingerprint density at radius 2 is 1.56 bits per heavy atom. The van der Waals surface area contributed by atoms with E-state index in [1.54, 1.807) is 4.90 Å². The number of rotatable bonds is 17. The maximum absolute atomic E-state index is 12.4. The molecule has 0 aromatic carbocycles. The van der Waals surface area contributed by atoms with Crippen LogP contribution in [0.25, 0.3) is 0 Å². The van der Waals surface area contributed by atoms with Gasteiger partial charge in [0.1, 0.15) is 6.61 Å². The van der Waals surface area contributed by atoms with Crippen LogP contribution in [0.5, 0.6) is 0 Å². The first-order valence-corrected chi connectivity index (χ1v) is 9.60. The Labute approximate surface area is 162 Å². The van der Waals surface area contributed by atoms with E-state index in [4.69, 9.17) is 31.1 Å². The Hall–Kier alpha value is -1.21. The number of aliphatic hydroxyl groups is 1. The van der Waals surface area contributed by atoms with Gasteiger partial charge in [0.05, 0.1) is 52.4 Å². The Morgan fingerprint density at radius 1 is 1.00 bits per heavy atom. The molecule has 0 aromatic heterocycles. The SMILES string of the molecule is C#CCOCCOCCOCCOCCN(CCCN)C(=O)C1CC(O)C1. The van der Waals surface area contributed by atoms with Gasteiger partial charge in [0, 0.05) is 19.0 Å². The number of nitrogens with two attached hydrogens (primary N) is 1. The molecule has 0 unspecified atom stereocenters. The van der Waals surface area contributed by atoms with Crippen molar-refractivity contribution in [1.29, 1.82) is 0 Å². The van der Waals surface area contributed by atoms with Crippen molar-refractivity contribution in [2.24, 2.45) is 11.7 Å². The van der Waals surface area contributed by atoms with Gasteiger partial charge < -0.3 is 34.7 Å². The fourth-order valence-corrected chi connectivity index (χ4v) is 2.63. The van der Waals surface area contributed by atoms with Gasteiger partial charge in [-0.1, -0.05) is 5.92 Å². The molecular formula is C19H34N2O6. The zero-order valence-corrected chi connectivity index (χ0v) is 16.1. The average Bonchev–Trinajstić information content (AvgIpc) is 2.64. The molecule has 1 aliphatic carbocycles. The second-order valence-electron chi connectivity index (χ2n) is 6.38. The summed E-state index contributed by atoms with van der Waals surface area (Å²) in [5.74, 6) is 2.42. The van der Waals surface area contributed by atoms with Crippen molar-refractivity contribution in [3.63, 3.8) is 0 Å². The van der Waals surface area contributed by atoms with Crippen LogP contribution in [0.2, 0.25) is 0 Å². The summed E-state index contributed by atoms with van der Waals surface area (Å²) in [6.07, 6.45) is 6.61. The molecule has 8 nitrogen and oxygen atoms in total. The summed E-state index contributed by atoms with van der Waals surface area (Å²) in [6, 6.07) is 0. The minimum atomic E-state index is -0.330. The van der Waals surface area contributed by atoms with Gasteiger partial charge >= 0.3 is 0 Å². The van der Waals surface area contributed by atoms with Crippen LogP contribution in [0.3, 0.4) is 0 Å². The molecule has 0 saturated heterocycles. The first-order chi connectivity index (χ1) is 13.2. The molecule has 0 aliphatic heterocycles. The number of carbonyl (C=O) groups is 1. The molecule has 0 radical (unpaired) electrons. The molecule has 0 heterocycles. The van der Waals surface area contributed by atoms with Crippen molar-refractivity contribution >= 4 is 5.91 Å². The fraction of sp³-hybridized carbons (Fsp3) is 0.842. The van der Waals surface area contributed by atoms with E-state index in [2.05, 4.69) is 5.92 Å². The van der Waals surface area contributed by atoms with E-state index in [0.717, 1.165) is 6.42 Å². The second kappa shape index (κ2) is 15.8. The molecule has 156 valence electrons. The van der Waals surface area contributed by atoms with Crippen molar-refractivity contribution in [2.75, 3.05) is 72.5 Å². The quantitative estimate of drug-likeness (QED) is 0.260. The van der Waals surface area contributed by atoms with E-state index in [-0.39, 0.29) is 17.9 Å². The number of amides is 1. The highest BCUT2D eigenvalue weighted by Crippen LogP contribution is 2.28. The largest absolute Gasteiger partial charge is 0.393 e. The zero-order chi connectivity index (χ0) is 19.7. The van der Waals surface area contributed by atoms with Gasteiger partial charge in [-0.25, -0.2) is 0 Å². The highest BCUT2D eigenvalue weighted by molar-refractivity contribution is 5.79. The minimum Gasteiger partial charge on any atom is -0.393 e. The summed E-state index contributed by atoms with van der Waals surface area (Å²) in [7, 11) is 0. The topological polar surface area (TPSA) is 103 Å². The van der Waals surface area contributed by atoms with Crippen LogP contribution >= 0.6 is 0 Å². The molecule has 1 aliphatic rings. The standard InChI is InChI=1S/C19H34N2O6/c1-2-7-24-9-11-26-13-14-27-12-10-25-8-6-21(5-3-4-20)19(23)17-15-18(22)16-17/h1,17-18,22H,3-16,20H2. The molecule has 8 heteroatoms. The van der Waals surface area contributed by atoms with Crippen LogP contribution in [0.1, 0.15) is 19.3 Å². The Morgan fingerprint density at radius 3 is 2.07 bits per heavy atom. The average molecular weight is 386 g/mol. The van der Waals surface area contributed by atoms with Crippen molar-refractivity contribution in [1.82, 2.24) is 4.90 Å². The minimum absolute atomic E-state index is 0.0573. The molecule has 1 rings (SSSR count). The normalized spacial score (nSPS) is 18.7. The van der Waals surface area contributed by atoms with Crippen LogP contribution < -0.4 is 5.73 Å². The first-order valence-electron chi connectivity index (χ1n) is 9.60. The third-order valence-corrected chi connectivity index (χ3v) is 4.21. The Balaban J connectivity index is 1.97. The van der Waals surface area contributed by atoms with E-state index in [1.165, 1.54) is 0 Å². The van der Waals surface area contributed by atoms with Crippen molar-refractivity contribution < 1.29 is 28.8 Å². The second-order valence-corrected chi connectivity index (χ2v) is 6.38. The molecule has 1 saturated carbocycles. The fourth-order valence-electron chi connectivity index (χ4n) is 2.63. The van der Waals surface area contributed by atoms with Gasteiger partial charge in [0.2, 0.25) is 5.91 Å². The summed E-state index contributed by atoms with van der Waals surface area (Å²) < 4.78 is 21.3. The van der Waals surface area contributed by atoms with E-state index in [1.807, 2.05) is 0 Å². The van der Waals surface area contributed by atoms with Gasteiger partial charge in [-0.3, -0.25) is 4.79 Å². The third kappa shape index (κ3) is 11.3.